The molecule has 3 rings (SSSR count). The Morgan fingerprint density at radius 1 is 1.18 bits per heavy atom. The molecule has 2 aromatic heterocycles. The average Bonchev–Trinajstić information content (AvgIpc) is 3.29. The molecule has 0 saturated carbocycles. The molecule has 28 heavy (non-hydrogen) atoms. The number of ether oxygens (including phenoxy) is 1. The number of anilines is 1. The third kappa shape index (κ3) is 4.26. The number of rotatable bonds is 6. The predicted octanol–water partition coefficient (Wildman–Crippen LogP) is 3.46. The highest BCUT2D eigenvalue weighted by atomic mass is 32.1. The lowest BCUT2D eigenvalue weighted by Gasteiger charge is -2.12. The van der Waals surface area contributed by atoms with Gasteiger partial charge in [0.25, 0.3) is 11.8 Å². The van der Waals surface area contributed by atoms with Crippen LogP contribution in [-0.2, 0) is 9.53 Å². The molecule has 3 aromatic rings. The van der Waals surface area contributed by atoms with Gasteiger partial charge in [-0.15, -0.1) is 22.7 Å². The van der Waals surface area contributed by atoms with Gasteiger partial charge in [0.1, 0.15) is 14.9 Å². The van der Waals surface area contributed by atoms with Gasteiger partial charge in [0.05, 0.1) is 11.3 Å². The average molecular weight is 415 g/mol. The number of primary amides is 1. The summed E-state index contributed by atoms with van der Waals surface area (Å²) in [5.74, 6) is -1.82. The molecule has 0 saturated heterocycles. The maximum atomic E-state index is 12.5. The number of hydrogen-bond acceptors (Lipinski definition) is 7. The van der Waals surface area contributed by atoms with Gasteiger partial charge in [0.15, 0.2) is 6.10 Å². The number of carbonyl (C=O) groups is 3. The summed E-state index contributed by atoms with van der Waals surface area (Å²) in [6.45, 7) is 3.17. The first-order valence-electron chi connectivity index (χ1n) is 8.28. The van der Waals surface area contributed by atoms with Gasteiger partial charge < -0.3 is 15.8 Å². The van der Waals surface area contributed by atoms with Crippen molar-refractivity contribution in [1.29, 1.82) is 0 Å². The van der Waals surface area contributed by atoms with Crippen LogP contribution in [0.5, 0.6) is 0 Å². The lowest BCUT2D eigenvalue weighted by Crippen LogP contribution is -2.30. The number of nitrogens with zero attached hydrogens (tertiary/aromatic N) is 1. The molecular formula is C19H17N3O4S2. The number of thiazole rings is 1. The minimum Gasteiger partial charge on any atom is -0.448 e. The molecule has 2 heterocycles. The zero-order valence-corrected chi connectivity index (χ0v) is 16.7. The zero-order valence-electron chi connectivity index (χ0n) is 15.1. The van der Waals surface area contributed by atoms with E-state index in [1.807, 2.05) is 30.3 Å². The van der Waals surface area contributed by atoms with Crippen LogP contribution < -0.4 is 11.1 Å². The highest BCUT2D eigenvalue weighted by Crippen LogP contribution is 2.28. The highest BCUT2D eigenvalue weighted by Gasteiger charge is 2.24. The summed E-state index contributed by atoms with van der Waals surface area (Å²) in [6, 6.07) is 11.0. The van der Waals surface area contributed by atoms with E-state index >= 15 is 0 Å². The Morgan fingerprint density at radius 2 is 1.89 bits per heavy atom. The van der Waals surface area contributed by atoms with Gasteiger partial charge in [-0.25, -0.2) is 9.78 Å². The molecule has 1 unspecified atom stereocenters. The van der Waals surface area contributed by atoms with E-state index in [4.69, 9.17) is 10.5 Å². The molecule has 0 aliphatic rings. The summed E-state index contributed by atoms with van der Waals surface area (Å²) in [5.41, 5.74) is 6.91. The number of benzene rings is 1. The van der Waals surface area contributed by atoms with Crippen molar-refractivity contribution < 1.29 is 19.1 Å². The van der Waals surface area contributed by atoms with Crippen molar-refractivity contribution in [1.82, 2.24) is 4.98 Å². The standard InChI is InChI=1S/C19H17N3O4S2/c1-10-14(28-17(21-10)12-6-4-3-5-7-12)19(25)26-11(2)16(24)22-18-13(15(20)23)8-9-27-18/h3-9,11H,1-2H3,(H2,20,23)(H,22,24). The number of esters is 1. The van der Waals surface area contributed by atoms with Gasteiger partial charge in [0.2, 0.25) is 0 Å². The van der Waals surface area contributed by atoms with Crippen molar-refractivity contribution in [3.8, 4) is 10.6 Å². The van der Waals surface area contributed by atoms with Crippen LogP contribution in [-0.4, -0.2) is 28.9 Å². The quantitative estimate of drug-likeness (QED) is 0.599. The van der Waals surface area contributed by atoms with Crippen LogP contribution in [0.2, 0.25) is 0 Å². The van der Waals surface area contributed by atoms with E-state index in [0.29, 0.717) is 20.6 Å². The summed E-state index contributed by atoms with van der Waals surface area (Å²) in [7, 11) is 0. The monoisotopic (exact) mass is 415 g/mol. The fourth-order valence-electron chi connectivity index (χ4n) is 2.37. The Kier molecular flexibility index (Phi) is 5.86. The largest absolute Gasteiger partial charge is 0.448 e. The molecule has 0 aliphatic carbocycles. The first-order chi connectivity index (χ1) is 13.4. The van der Waals surface area contributed by atoms with Crippen LogP contribution in [0.25, 0.3) is 10.6 Å². The zero-order chi connectivity index (χ0) is 20.3. The number of hydrogen-bond donors (Lipinski definition) is 2. The number of nitrogens with two attached hydrogens (primary N) is 1. The minimum absolute atomic E-state index is 0.211. The van der Waals surface area contributed by atoms with Crippen molar-refractivity contribution >= 4 is 45.5 Å². The normalized spacial score (nSPS) is 11.6. The second-order valence-electron chi connectivity index (χ2n) is 5.86. The number of nitrogens with one attached hydrogen (secondary N) is 1. The summed E-state index contributed by atoms with van der Waals surface area (Å²) in [4.78, 5) is 40.9. The summed E-state index contributed by atoms with van der Waals surface area (Å²) in [6.07, 6.45) is -1.06. The third-order valence-corrected chi connectivity index (χ3v) is 5.84. The van der Waals surface area contributed by atoms with Crippen molar-refractivity contribution in [2.24, 2.45) is 5.73 Å². The second-order valence-corrected chi connectivity index (χ2v) is 7.78. The van der Waals surface area contributed by atoms with Gasteiger partial charge in [-0.2, -0.15) is 0 Å². The summed E-state index contributed by atoms with van der Waals surface area (Å²) in [5, 5.41) is 5.22. The van der Waals surface area contributed by atoms with E-state index in [2.05, 4.69) is 10.3 Å². The fourth-order valence-corrected chi connectivity index (χ4v) is 4.12. The number of thiophene rings is 1. The molecule has 0 aliphatic heterocycles. The molecule has 0 bridgehead atoms. The maximum absolute atomic E-state index is 12.5. The van der Waals surface area contributed by atoms with Gasteiger partial charge in [0, 0.05) is 5.56 Å². The van der Waals surface area contributed by atoms with Crippen LogP contribution in [0.1, 0.15) is 32.6 Å². The Bertz CT molecular complexity index is 1030. The molecule has 9 heteroatoms. The Hall–Kier alpha value is -3.04. The Labute approximate surface area is 169 Å². The lowest BCUT2D eigenvalue weighted by atomic mass is 10.2. The van der Waals surface area contributed by atoms with E-state index in [-0.39, 0.29) is 5.56 Å². The van der Waals surface area contributed by atoms with Crippen LogP contribution >= 0.6 is 22.7 Å². The first-order valence-corrected chi connectivity index (χ1v) is 9.98. The number of aromatic nitrogens is 1. The molecule has 3 N–H and O–H groups in total. The third-order valence-electron chi connectivity index (χ3n) is 3.82. The molecule has 144 valence electrons. The SMILES string of the molecule is Cc1nc(-c2ccccc2)sc1C(=O)OC(C)C(=O)Nc1sccc1C(N)=O. The molecule has 7 nitrogen and oxygen atoms in total. The van der Waals surface area contributed by atoms with Crippen molar-refractivity contribution in [2.75, 3.05) is 5.32 Å². The van der Waals surface area contributed by atoms with Crippen LogP contribution in [0.4, 0.5) is 5.00 Å². The molecule has 0 radical (unpaired) electrons. The minimum atomic E-state index is -1.06. The fraction of sp³-hybridized carbons (Fsp3) is 0.158. The smallest absolute Gasteiger partial charge is 0.351 e. The van der Waals surface area contributed by atoms with E-state index in [1.54, 1.807) is 12.3 Å². The van der Waals surface area contributed by atoms with Gasteiger partial charge in [-0.3, -0.25) is 9.59 Å². The number of carbonyl (C=O) groups excluding carboxylic acids is 3. The van der Waals surface area contributed by atoms with E-state index in [0.717, 1.165) is 16.9 Å². The van der Waals surface area contributed by atoms with Crippen molar-refractivity contribution in [2.45, 2.75) is 20.0 Å². The molecule has 1 atom stereocenters. The van der Waals surface area contributed by atoms with E-state index in [1.165, 1.54) is 24.3 Å². The molecule has 1 aromatic carbocycles. The Balaban J connectivity index is 1.69. The van der Waals surface area contributed by atoms with Crippen molar-refractivity contribution in [3.63, 3.8) is 0 Å². The molecular weight excluding hydrogens is 398 g/mol. The summed E-state index contributed by atoms with van der Waals surface area (Å²) < 4.78 is 5.29. The number of amides is 2. The molecule has 2 amide bonds. The second kappa shape index (κ2) is 8.32. The van der Waals surface area contributed by atoms with E-state index in [9.17, 15) is 14.4 Å². The van der Waals surface area contributed by atoms with Gasteiger partial charge in [-0.1, -0.05) is 30.3 Å². The number of aryl methyl sites for hydroxylation is 1. The van der Waals surface area contributed by atoms with Crippen molar-refractivity contribution in [3.05, 3.63) is 57.9 Å². The predicted molar refractivity (Wildman–Crippen MR) is 109 cm³/mol. The maximum Gasteiger partial charge on any atom is 0.351 e. The molecule has 0 spiro atoms. The summed E-state index contributed by atoms with van der Waals surface area (Å²) >= 11 is 2.37. The van der Waals surface area contributed by atoms with Gasteiger partial charge in [-0.05, 0) is 25.3 Å². The highest BCUT2D eigenvalue weighted by molar-refractivity contribution is 7.17. The topological polar surface area (TPSA) is 111 Å². The van der Waals surface area contributed by atoms with Crippen LogP contribution in [0, 0.1) is 6.92 Å². The molecule has 0 fully saturated rings. The first kappa shape index (κ1) is 19.7. The van der Waals surface area contributed by atoms with Crippen LogP contribution in [0.3, 0.4) is 0 Å². The van der Waals surface area contributed by atoms with Crippen LogP contribution in [0.15, 0.2) is 41.8 Å². The van der Waals surface area contributed by atoms with E-state index < -0.39 is 23.9 Å². The Morgan fingerprint density at radius 3 is 2.57 bits per heavy atom. The lowest BCUT2D eigenvalue weighted by molar-refractivity contribution is -0.123. The van der Waals surface area contributed by atoms with Gasteiger partial charge >= 0.3 is 5.97 Å².